The average Bonchev–Trinajstić information content (AvgIpc) is 3.57. The number of nitrogens with one attached hydrogen (secondary N) is 1. The van der Waals surface area contributed by atoms with Crippen LogP contribution < -0.4 is 5.32 Å². The zero-order chi connectivity index (χ0) is 24.2. The van der Waals surface area contributed by atoms with Crippen LogP contribution in [0.15, 0.2) is 42.5 Å². The summed E-state index contributed by atoms with van der Waals surface area (Å²) >= 11 is 6.13. The molecule has 33 heavy (non-hydrogen) atoms. The van der Waals surface area contributed by atoms with Crippen LogP contribution in [0.1, 0.15) is 41.3 Å². The lowest BCUT2D eigenvalue weighted by Gasteiger charge is -2.36. The number of carbonyl (C=O) groups is 3. The lowest BCUT2D eigenvalue weighted by atomic mass is 10.1. The zero-order valence-corrected chi connectivity index (χ0v) is 20.2. The monoisotopic (exact) mass is 473 g/mol. The number of anilines is 1. The number of quaternary nitrogens is 1. The zero-order valence-electron chi connectivity index (χ0n) is 19.4. The van der Waals surface area contributed by atoms with Gasteiger partial charge in [0.1, 0.15) is 6.61 Å². The fraction of sp³-hybridized carbons (Fsp3) is 0.400. The second kappa shape index (κ2) is 9.93. The first-order valence-electron chi connectivity index (χ1n) is 10.9. The maximum atomic E-state index is 13.4. The van der Waals surface area contributed by atoms with Gasteiger partial charge in [-0.25, -0.2) is 9.59 Å². The van der Waals surface area contributed by atoms with Crippen LogP contribution in [0.2, 0.25) is 5.02 Å². The van der Waals surface area contributed by atoms with Crippen LogP contribution in [0.4, 0.5) is 5.69 Å². The van der Waals surface area contributed by atoms with Gasteiger partial charge in [0, 0.05) is 17.9 Å². The molecule has 0 unspecified atom stereocenters. The first-order chi connectivity index (χ1) is 15.6. The number of halogens is 1. The highest BCUT2D eigenvalue weighted by Crippen LogP contribution is 2.46. The predicted octanol–water partition coefficient (Wildman–Crippen LogP) is 4.12. The fourth-order valence-electron chi connectivity index (χ4n) is 3.99. The lowest BCUT2D eigenvalue weighted by molar-refractivity contribution is -0.909. The molecule has 0 spiro atoms. The summed E-state index contributed by atoms with van der Waals surface area (Å²) in [6, 6.07) is 12.6. The normalized spacial score (nSPS) is 14.3. The van der Waals surface area contributed by atoms with Crippen molar-refractivity contribution in [1.82, 2.24) is 0 Å². The van der Waals surface area contributed by atoms with E-state index in [4.69, 9.17) is 21.1 Å². The van der Waals surface area contributed by atoms with Crippen molar-refractivity contribution in [2.75, 3.05) is 32.6 Å². The Labute approximate surface area is 199 Å². The Kier molecular flexibility index (Phi) is 7.44. The van der Waals surface area contributed by atoms with Crippen molar-refractivity contribution in [2.45, 2.75) is 38.8 Å². The average molecular weight is 474 g/mol. The van der Waals surface area contributed by atoms with Crippen LogP contribution in [0.25, 0.3) is 0 Å². The van der Waals surface area contributed by atoms with Crippen molar-refractivity contribution in [3.8, 4) is 0 Å². The van der Waals surface area contributed by atoms with Crippen molar-refractivity contribution >= 4 is 35.1 Å². The molecule has 2 aromatic rings. The van der Waals surface area contributed by atoms with Gasteiger partial charge in [-0.1, -0.05) is 41.9 Å². The maximum absolute atomic E-state index is 13.4. The first kappa shape index (κ1) is 24.7. The second-order valence-corrected chi connectivity index (χ2v) is 9.28. The second-order valence-electron chi connectivity index (χ2n) is 8.84. The SMILES string of the molecule is CCOC(=O)c1cc(Cl)cc(C)c1NC(=O)C1([N+](C)(C)CC(=O)OCc2ccccc2)CC1. The van der Waals surface area contributed by atoms with Gasteiger partial charge in [-0.15, -0.1) is 0 Å². The summed E-state index contributed by atoms with van der Waals surface area (Å²) in [6.07, 6.45) is 1.25. The van der Waals surface area contributed by atoms with Gasteiger partial charge in [0.2, 0.25) is 0 Å². The van der Waals surface area contributed by atoms with E-state index in [0.717, 1.165) is 5.56 Å². The fourth-order valence-corrected chi connectivity index (χ4v) is 4.27. The molecule has 0 atom stereocenters. The maximum Gasteiger partial charge on any atom is 0.362 e. The van der Waals surface area contributed by atoms with Crippen molar-refractivity contribution in [2.24, 2.45) is 0 Å². The summed E-state index contributed by atoms with van der Waals surface area (Å²) in [5.74, 6) is -1.18. The van der Waals surface area contributed by atoms with Gasteiger partial charge in [0.25, 0.3) is 5.91 Å². The minimum absolute atomic E-state index is 0.0462. The smallest absolute Gasteiger partial charge is 0.362 e. The van der Waals surface area contributed by atoms with Crippen LogP contribution in [0.5, 0.6) is 0 Å². The van der Waals surface area contributed by atoms with E-state index in [2.05, 4.69) is 5.32 Å². The molecule has 0 aliphatic heterocycles. The third-order valence-corrected chi connectivity index (χ3v) is 6.32. The molecular weight excluding hydrogens is 444 g/mol. The molecule has 176 valence electrons. The number of hydrogen-bond donors (Lipinski definition) is 1. The molecule has 1 saturated carbocycles. The molecule has 0 radical (unpaired) electrons. The molecule has 3 rings (SSSR count). The van der Waals surface area contributed by atoms with E-state index in [-0.39, 0.29) is 41.7 Å². The molecule has 0 bridgehead atoms. The Morgan fingerprint density at radius 1 is 1.09 bits per heavy atom. The van der Waals surface area contributed by atoms with E-state index in [9.17, 15) is 14.4 Å². The molecule has 7 nitrogen and oxygen atoms in total. The summed E-state index contributed by atoms with van der Waals surface area (Å²) in [5.41, 5.74) is 1.35. The topological polar surface area (TPSA) is 81.7 Å². The number of amides is 1. The molecule has 1 aliphatic carbocycles. The summed E-state index contributed by atoms with van der Waals surface area (Å²) in [7, 11) is 3.69. The quantitative estimate of drug-likeness (QED) is 0.437. The van der Waals surface area contributed by atoms with E-state index in [0.29, 0.717) is 29.1 Å². The molecule has 0 heterocycles. The van der Waals surface area contributed by atoms with Crippen LogP contribution in [0, 0.1) is 6.92 Å². The van der Waals surface area contributed by atoms with Gasteiger partial charge in [0.05, 0.1) is 32.0 Å². The number of esters is 2. The molecule has 2 aromatic carbocycles. The van der Waals surface area contributed by atoms with Crippen molar-refractivity contribution in [1.29, 1.82) is 0 Å². The van der Waals surface area contributed by atoms with Crippen molar-refractivity contribution in [3.05, 3.63) is 64.2 Å². The van der Waals surface area contributed by atoms with Crippen LogP contribution in [-0.4, -0.2) is 55.1 Å². The lowest BCUT2D eigenvalue weighted by Crippen LogP contribution is -2.59. The van der Waals surface area contributed by atoms with Crippen LogP contribution >= 0.6 is 11.6 Å². The molecule has 0 aromatic heterocycles. The van der Waals surface area contributed by atoms with E-state index in [1.165, 1.54) is 6.07 Å². The van der Waals surface area contributed by atoms with Gasteiger partial charge in [-0.3, -0.25) is 4.79 Å². The van der Waals surface area contributed by atoms with E-state index >= 15 is 0 Å². The molecule has 8 heteroatoms. The summed E-state index contributed by atoms with van der Waals surface area (Å²) < 4.78 is 10.7. The number of hydrogen-bond acceptors (Lipinski definition) is 5. The Morgan fingerprint density at radius 2 is 1.76 bits per heavy atom. The molecule has 1 amide bonds. The van der Waals surface area contributed by atoms with Gasteiger partial charge >= 0.3 is 11.9 Å². The molecule has 1 N–H and O–H groups in total. The van der Waals surface area contributed by atoms with Crippen LogP contribution in [0.3, 0.4) is 0 Å². The summed E-state index contributed by atoms with van der Waals surface area (Å²) in [6.45, 7) is 3.92. The van der Waals surface area contributed by atoms with Crippen molar-refractivity contribution < 1.29 is 28.3 Å². The number of carbonyl (C=O) groups excluding carboxylic acids is 3. The Hall–Kier alpha value is -2.90. The first-order valence-corrected chi connectivity index (χ1v) is 11.3. The number of benzene rings is 2. The van der Waals surface area contributed by atoms with Gasteiger partial charge < -0.3 is 19.3 Å². The van der Waals surface area contributed by atoms with Gasteiger partial charge in [0.15, 0.2) is 12.1 Å². The highest BCUT2D eigenvalue weighted by Gasteiger charge is 2.63. The molecule has 0 saturated heterocycles. The number of rotatable bonds is 9. The third kappa shape index (κ3) is 5.54. The Balaban J connectivity index is 1.73. The molecule has 1 fully saturated rings. The third-order valence-electron chi connectivity index (χ3n) is 6.11. The molecule has 1 aliphatic rings. The molecular formula is C25H30ClN2O5+. The number of likely N-dealkylation sites (N-methyl/N-ethyl adjacent to an activating group) is 1. The van der Waals surface area contributed by atoms with Crippen molar-refractivity contribution in [3.63, 3.8) is 0 Å². The minimum Gasteiger partial charge on any atom is -0.462 e. The van der Waals surface area contributed by atoms with E-state index < -0.39 is 11.5 Å². The van der Waals surface area contributed by atoms with E-state index in [1.807, 2.05) is 44.4 Å². The predicted molar refractivity (Wildman–Crippen MR) is 126 cm³/mol. The van der Waals surface area contributed by atoms with Gasteiger partial charge in [-0.05, 0) is 37.1 Å². The van der Waals surface area contributed by atoms with Crippen LogP contribution in [-0.2, 0) is 25.7 Å². The largest absolute Gasteiger partial charge is 0.462 e. The number of ether oxygens (including phenoxy) is 2. The van der Waals surface area contributed by atoms with E-state index in [1.54, 1.807) is 19.9 Å². The number of aryl methyl sites for hydroxylation is 1. The van der Waals surface area contributed by atoms with Gasteiger partial charge in [-0.2, -0.15) is 0 Å². The standard InChI is InChI=1S/C25H29ClN2O5/c1-5-32-23(30)20-14-19(26)13-17(2)22(20)27-24(31)25(11-12-25)28(3,4)15-21(29)33-16-18-9-7-6-8-10-18/h6-10,13-14H,5,11-12,15-16H2,1-4H3/p+1. The Morgan fingerprint density at radius 3 is 2.36 bits per heavy atom. The summed E-state index contributed by atoms with van der Waals surface area (Å²) in [4.78, 5) is 38.4. The minimum atomic E-state index is -0.788. The number of nitrogens with zero attached hydrogens (tertiary/aromatic N) is 1. The highest BCUT2D eigenvalue weighted by atomic mass is 35.5. The summed E-state index contributed by atoms with van der Waals surface area (Å²) in [5, 5.41) is 3.30. The highest BCUT2D eigenvalue weighted by molar-refractivity contribution is 6.31. The Bertz CT molecular complexity index is 1050.